The van der Waals surface area contributed by atoms with Crippen molar-refractivity contribution in [3.8, 4) is 17.2 Å². The number of aliphatic imine (C=N–C) groups is 1. The Kier molecular flexibility index (Phi) is 12.0. The SMILES string of the molecule is CCNC(=NCc1ccc(OC)cc1OC)NCC(O)COc1cccc(C)c1.I. The molecule has 0 fully saturated rings. The third kappa shape index (κ3) is 8.66. The molecule has 8 heteroatoms. The van der Waals surface area contributed by atoms with Crippen LogP contribution in [0.2, 0.25) is 0 Å². The lowest BCUT2D eigenvalue weighted by Gasteiger charge is -2.16. The zero-order valence-corrected chi connectivity index (χ0v) is 20.3. The molecule has 1 unspecified atom stereocenters. The molecule has 3 N–H and O–H groups in total. The van der Waals surface area contributed by atoms with Crippen LogP contribution in [0.3, 0.4) is 0 Å². The highest BCUT2D eigenvalue weighted by molar-refractivity contribution is 14.0. The average molecular weight is 529 g/mol. The standard InChI is InChI=1S/C22H31N3O4.HI/c1-5-23-22(24-13-17-9-10-19(27-3)12-21(17)28-4)25-14-18(26)15-29-20-8-6-7-16(2)11-20;/h6-12,18,26H,5,13-15H2,1-4H3,(H2,23,24,25);1H. The molecule has 0 aliphatic carbocycles. The number of hydrogen-bond donors (Lipinski definition) is 3. The van der Waals surface area contributed by atoms with E-state index in [0.717, 1.165) is 28.4 Å². The zero-order chi connectivity index (χ0) is 21.1. The van der Waals surface area contributed by atoms with E-state index in [1.165, 1.54) is 0 Å². The Morgan fingerprint density at radius 1 is 1.07 bits per heavy atom. The minimum atomic E-state index is -0.671. The van der Waals surface area contributed by atoms with Crippen molar-refractivity contribution in [2.24, 2.45) is 4.99 Å². The summed E-state index contributed by atoms with van der Waals surface area (Å²) in [6.07, 6.45) is -0.671. The molecule has 0 saturated heterocycles. The van der Waals surface area contributed by atoms with E-state index < -0.39 is 6.10 Å². The number of aliphatic hydroxyl groups is 1. The molecular weight excluding hydrogens is 497 g/mol. The van der Waals surface area contributed by atoms with Gasteiger partial charge in [-0.05, 0) is 43.7 Å². The lowest BCUT2D eigenvalue weighted by molar-refractivity contribution is 0.110. The van der Waals surface area contributed by atoms with Crippen LogP contribution in [0.4, 0.5) is 0 Å². The summed E-state index contributed by atoms with van der Waals surface area (Å²) in [6.45, 7) is 5.64. The third-order valence-corrected chi connectivity index (χ3v) is 4.18. The Morgan fingerprint density at radius 3 is 2.53 bits per heavy atom. The van der Waals surface area contributed by atoms with Gasteiger partial charge < -0.3 is 30.0 Å². The summed E-state index contributed by atoms with van der Waals surface area (Å²) >= 11 is 0. The highest BCUT2D eigenvalue weighted by Gasteiger charge is 2.09. The van der Waals surface area contributed by atoms with Gasteiger partial charge in [0.2, 0.25) is 0 Å². The van der Waals surface area contributed by atoms with E-state index in [0.29, 0.717) is 25.6 Å². The predicted molar refractivity (Wildman–Crippen MR) is 130 cm³/mol. The van der Waals surface area contributed by atoms with E-state index in [2.05, 4.69) is 15.6 Å². The number of methoxy groups -OCH3 is 2. The van der Waals surface area contributed by atoms with E-state index in [1.54, 1.807) is 14.2 Å². The third-order valence-electron chi connectivity index (χ3n) is 4.18. The fraction of sp³-hybridized carbons (Fsp3) is 0.409. The first-order valence-electron chi connectivity index (χ1n) is 9.66. The molecule has 0 amide bonds. The van der Waals surface area contributed by atoms with Crippen LogP contribution in [0, 0.1) is 6.92 Å². The molecule has 2 rings (SSSR count). The minimum Gasteiger partial charge on any atom is -0.497 e. The largest absolute Gasteiger partial charge is 0.497 e. The van der Waals surface area contributed by atoms with Gasteiger partial charge in [-0.25, -0.2) is 4.99 Å². The Hall–Kier alpha value is -2.20. The first-order chi connectivity index (χ1) is 14.0. The fourth-order valence-corrected chi connectivity index (χ4v) is 2.66. The smallest absolute Gasteiger partial charge is 0.191 e. The lowest BCUT2D eigenvalue weighted by Crippen LogP contribution is -2.42. The molecule has 1 atom stereocenters. The van der Waals surface area contributed by atoms with Gasteiger partial charge in [0.25, 0.3) is 0 Å². The maximum Gasteiger partial charge on any atom is 0.191 e. The van der Waals surface area contributed by atoms with Crippen molar-refractivity contribution >= 4 is 29.9 Å². The molecular formula is C22H32IN3O4. The van der Waals surface area contributed by atoms with Crippen molar-refractivity contribution in [2.45, 2.75) is 26.5 Å². The number of aryl methyl sites for hydroxylation is 1. The van der Waals surface area contributed by atoms with E-state index in [-0.39, 0.29) is 30.6 Å². The number of ether oxygens (including phenoxy) is 3. The average Bonchev–Trinajstić information content (AvgIpc) is 2.74. The molecule has 0 radical (unpaired) electrons. The summed E-state index contributed by atoms with van der Waals surface area (Å²) in [5.41, 5.74) is 2.06. The van der Waals surface area contributed by atoms with Crippen LogP contribution in [0.15, 0.2) is 47.5 Å². The van der Waals surface area contributed by atoms with Gasteiger partial charge in [-0.1, -0.05) is 12.1 Å². The van der Waals surface area contributed by atoms with Gasteiger partial charge in [0.1, 0.15) is 30.0 Å². The van der Waals surface area contributed by atoms with E-state index in [1.807, 2.05) is 56.3 Å². The number of guanidine groups is 1. The van der Waals surface area contributed by atoms with Crippen LogP contribution in [-0.4, -0.2) is 51.1 Å². The molecule has 0 aliphatic heterocycles. The van der Waals surface area contributed by atoms with Gasteiger partial charge in [-0.15, -0.1) is 24.0 Å². The van der Waals surface area contributed by atoms with Crippen molar-refractivity contribution in [1.82, 2.24) is 10.6 Å². The molecule has 0 heterocycles. The molecule has 2 aromatic rings. The number of nitrogens with one attached hydrogen (secondary N) is 2. The maximum absolute atomic E-state index is 10.2. The van der Waals surface area contributed by atoms with E-state index >= 15 is 0 Å². The quantitative estimate of drug-likeness (QED) is 0.249. The van der Waals surface area contributed by atoms with E-state index in [9.17, 15) is 5.11 Å². The lowest BCUT2D eigenvalue weighted by atomic mass is 10.2. The summed E-state index contributed by atoms with van der Waals surface area (Å²) in [4.78, 5) is 4.57. The normalized spacial score (nSPS) is 11.8. The summed E-state index contributed by atoms with van der Waals surface area (Å²) < 4.78 is 16.3. The predicted octanol–water partition coefficient (Wildman–Crippen LogP) is 3.13. The Labute approximate surface area is 195 Å². The van der Waals surface area contributed by atoms with Gasteiger partial charge >= 0.3 is 0 Å². The number of aliphatic hydroxyl groups excluding tert-OH is 1. The van der Waals surface area contributed by atoms with Crippen LogP contribution < -0.4 is 24.8 Å². The second kappa shape index (κ2) is 13.9. The number of halogens is 1. The van der Waals surface area contributed by atoms with Crippen molar-refractivity contribution in [2.75, 3.05) is 33.9 Å². The van der Waals surface area contributed by atoms with Crippen LogP contribution in [0.5, 0.6) is 17.2 Å². The number of benzene rings is 2. The first-order valence-corrected chi connectivity index (χ1v) is 9.66. The molecule has 2 aromatic carbocycles. The molecule has 30 heavy (non-hydrogen) atoms. The summed E-state index contributed by atoms with van der Waals surface area (Å²) in [5.74, 6) is 2.81. The molecule has 0 aliphatic rings. The summed E-state index contributed by atoms with van der Waals surface area (Å²) in [7, 11) is 3.24. The Balaban J connectivity index is 0.00000450. The highest BCUT2D eigenvalue weighted by Crippen LogP contribution is 2.25. The summed E-state index contributed by atoms with van der Waals surface area (Å²) in [5, 5.41) is 16.5. The second-order valence-electron chi connectivity index (χ2n) is 6.54. The van der Waals surface area contributed by atoms with Crippen molar-refractivity contribution in [3.63, 3.8) is 0 Å². The van der Waals surface area contributed by atoms with Gasteiger partial charge in [0, 0.05) is 24.7 Å². The van der Waals surface area contributed by atoms with Crippen molar-refractivity contribution < 1.29 is 19.3 Å². The molecule has 0 bridgehead atoms. The zero-order valence-electron chi connectivity index (χ0n) is 18.0. The number of rotatable bonds is 10. The highest BCUT2D eigenvalue weighted by atomic mass is 127. The first kappa shape index (κ1) is 25.8. The van der Waals surface area contributed by atoms with Gasteiger partial charge in [0.05, 0.1) is 20.8 Å². The summed E-state index contributed by atoms with van der Waals surface area (Å²) in [6, 6.07) is 13.4. The van der Waals surface area contributed by atoms with Crippen LogP contribution in [0.1, 0.15) is 18.1 Å². The van der Waals surface area contributed by atoms with Gasteiger partial charge in [-0.2, -0.15) is 0 Å². The van der Waals surface area contributed by atoms with E-state index in [4.69, 9.17) is 14.2 Å². The van der Waals surface area contributed by atoms with Gasteiger partial charge in [0.15, 0.2) is 5.96 Å². The van der Waals surface area contributed by atoms with Crippen molar-refractivity contribution in [1.29, 1.82) is 0 Å². The fourth-order valence-electron chi connectivity index (χ4n) is 2.66. The molecule has 0 aromatic heterocycles. The molecule has 0 saturated carbocycles. The Morgan fingerprint density at radius 2 is 1.87 bits per heavy atom. The van der Waals surface area contributed by atoms with Crippen LogP contribution in [0.25, 0.3) is 0 Å². The molecule has 166 valence electrons. The maximum atomic E-state index is 10.2. The van der Waals surface area contributed by atoms with Gasteiger partial charge in [-0.3, -0.25) is 0 Å². The number of nitrogens with zero attached hydrogens (tertiary/aromatic N) is 1. The monoisotopic (exact) mass is 529 g/mol. The van der Waals surface area contributed by atoms with Crippen LogP contribution >= 0.6 is 24.0 Å². The number of hydrogen-bond acceptors (Lipinski definition) is 5. The van der Waals surface area contributed by atoms with Crippen molar-refractivity contribution in [3.05, 3.63) is 53.6 Å². The molecule has 0 spiro atoms. The minimum absolute atomic E-state index is 0. The second-order valence-corrected chi connectivity index (χ2v) is 6.54. The Bertz CT molecular complexity index is 802. The molecule has 7 nitrogen and oxygen atoms in total. The topological polar surface area (TPSA) is 84.3 Å². The van der Waals surface area contributed by atoms with Crippen LogP contribution in [-0.2, 0) is 6.54 Å².